The van der Waals surface area contributed by atoms with Gasteiger partial charge in [-0.3, -0.25) is 4.79 Å². The summed E-state index contributed by atoms with van der Waals surface area (Å²) in [5.74, 6) is 0.129. The second-order valence-corrected chi connectivity index (χ2v) is 7.19. The van der Waals surface area contributed by atoms with Crippen molar-refractivity contribution in [1.29, 1.82) is 0 Å². The third-order valence-electron chi connectivity index (χ3n) is 5.96. The van der Waals surface area contributed by atoms with E-state index in [-0.39, 0.29) is 11.3 Å². The molecule has 1 saturated carbocycles. The van der Waals surface area contributed by atoms with Crippen LogP contribution in [0.4, 0.5) is 0 Å². The number of carbonyl (C=O) groups is 1. The number of hydrogen-bond acceptors (Lipinski definition) is 3. The van der Waals surface area contributed by atoms with Crippen LogP contribution in [0.2, 0.25) is 0 Å². The smallest absolute Gasteiger partial charge is 0.308 e. The average Bonchev–Trinajstić information content (AvgIpc) is 2.87. The molecule has 3 aliphatic rings. The summed E-state index contributed by atoms with van der Waals surface area (Å²) in [7, 11) is 0. The number of hydrogen-bond donors (Lipinski definition) is 2. The fraction of sp³-hybridized carbons (Fsp3) is 0.938. The molecule has 2 N–H and O–H groups in total. The van der Waals surface area contributed by atoms with Gasteiger partial charge in [0.15, 0.2) is 0 Å². The molecule has 0 aromatic carbocycles. The van der Waals surface area contributed by atoms with Crippen LogP contribution in [0.3, 0.4) is 0 Å². The molecular formula is C16H28N2O2. The highest BCUT2D eigenvalue weighted by molar-refractivity contribution is 5.72. The zero-order chi connectivity index (χ0) is 14.0. The molecule has 2 aliphatic heterocycles. The molecule has 2 saturated heterocycles. The lowest BCUT2D eigenvalue weighted by molar-refractivity contribution is -0.145. The van der Waals surface area contributed by atoms with E-state index >= 15 is 0 Å². The van der Waals surface area contributed by atoms with E-state index in [9.17, 15) is 9.90 Å². The van der Waals surface area contributed by atoms with E-state index in [2.05, 4.69) is 10.2 Å². The summed E-state index contributed by atoms with van der Waals surface area (Å²) in [5.41, 5.74) is 0.0366. The molecule has 2 heterocycles. The Kier molecular flexibility index (Phi) is 4.32. The van der Waals surface area contributed by atoms with Gasteiger partial charge in [-0.25, -0.2) is 0 Å². The van der Waals surface area contributed by atoms with Crippen molar-refractivity contribution in [2.75, 3.05) is 32.7 Å². The topological polar surface area (TPSA) is 52.6 Å². The number of nitrogens with one attached hydrogen (secondary N) is 1. The minimum Gasteiger partial charge on any atom is -0.481 e. The summed E-state index contributed by atoms with van der Waals surface area (Å²) in [6.07, 6.45) is 9.17. The van der Waals surface area contributed by atoms with Gasteiger partial charge in [-0.1, -0.05) is 19.3 Å². The first-order valence-corrected chi connectivity index (χ1v) is 8.35. The molecular weight excluding hydrogens is 252 g/mol. The molecule has 3 rings (SSSR count). The third kappa shape index (κ3) is 2.86. The van der Waals surface area contributed by atoms with Crippen LogP contribution < -0.4 is 5.32 Å². The monoisotopic (exact) mass is 280 g/mol. The molecule has 0 bridgehead atoms. The molecule has 0 aromatic heterocycles. The summed E-state index contributed by atoms with van der Waals surface area (Å²) in [4.78, 5) is 14.0. The Morgan fingerprint density at radius 1 is 1.20 bits per heavy atom. The van der Waals surface area contributed by atoms with Gasteiger partial charge in [0.1, 0.15) is 0 Å². The second-order valence-electron chi connectivity index (χ2n) is 7.19. The Balaban J connectivity index is 1.52. The molecule has 0 aromatic rings. The van der Waals surface area contributed by atoms with Crippen molar-refractivity contribution in [2.24, 2.45) is 17.3 Å². The SMILES string of the molecule is O=C(O)C1CNCC12CCN(CC1CCCCC1)CC2. The normalized spacial score (nSPS) is 31.7. The van der Waals surface area contributed by atoms with Crippen molar-refractivity contribution in [1.82, 2.24) is 10.2 Å². The largest absolute Gasteiger partial charge is 0.481 e. The number of nitrogens with zero attached hydrogens (tertiary/aromatic N) is 1. The zero-order valence-electron chi connectivity index (χ0n) is 12.4. The summed E-state index contributed by atoms with van der Waals surface area (Å²) in [6, 6.07) is 0. The zero-order valence-corrected chi connectivity index (χ0v) is 12.4. The fourth-order valence-corrected chi connectivity index (χ4v) is 4.60. The predicted octanol–water partition coefficient (Wildman–Crippen LogP) is 1.95. The van der Waals surface area contributed by atoms with Crippen LogP contribution >= 0.6 is 0 Å². The highest BCUT2D eigenvalue weighted by atomic mass is 16.4. The van der Waals surface area contributed by atoms with Crippen LogP contribution in [-0.4, -0.2) is 48.7 Å². The van der Waals surface area contributed by atoms with Crippen LogP contribution in [0.25, 0.3) is 0 Å². The molecule has 3 fully saturated rings. The summed E-state index contributed by atoms with van der Waals surface area (Å²) < 4.78 is 0. The number of piperidine rings is 1. The highest BCUT2D eigenvalue weighted by Gasteiger charge is 2.48. The van der Waals surface area contributed by atoms with Gasteiger partial charge in [0, 0.05) is 19.6 Å². The van der Waals surface area contributed by atoms with Crippen molar-refractivity contribution in [3.8, 4) is 0 Å². The lowest BCUT2D eigenvalue weighted by Crippen LogP contribution is -2.47. The molecule has 1 spiro atoms. The molecule has 4 nitrogen and oxygen atoms in total. The second kappa shape index (κ2) is 6.02. The highest BCUT2D eigenvalue weighted by Crippen LogP contribution is 2.42. The molecule has 4 heteroatoms. The van der Waals surface area contributed by atoms with Crippen LogP contribution in [0.1, 0.15) is 44.9 Å². The van der Waals surface area contributed by atoms with Crippen molar-refractivity contribution in [3.05, 3.63) is 0 Å². The number of aliphatic carboxylic acids is 1. The minimum absolute atomic E-state index is 0.0366. The minimum atomic E-state index is -0.601. The molecule has 114 valence electrons. The maximum Gasteiger partial charge on any atom is 0.308 e. The van der Waals surface area contributed by atoms with Crippen LogP contribution in [0.5, 0.6) is 0 Å². The van der Waals surface area contributed by atoms with E-state index in [0.717, 1.165) is 38.4 Å². The first-order valence-electron chi connectivity index (χ1n) is 8.35. The summed E-state index contributed by atoms with van der Waals surface area (Å²) in [6.45, 7) is 5.02. The van der Waals surface area contributed by atoms with Crippen LogP contribution in [0, 0.1) is 17.3 Å². The molecule has 0 radical (unpaired) electrons. The average molecular weight is 280 g/mol. The molecule has 1 atom stereocenters. The van der Waals surface area contributed by atoms with Crippen LogP contribution in [-0.2, 0) is 4.79 Å². The van der Waals surface area contributed by atoms with Gasteiger partial charge in [-0.15, -0.1) is 0 Å². The molecule has 0 amide bonds. The molecule has 20 heavy (non-hydrogen) atoms. The van der Waals surface area contributed by atoms with E-state index < -0.39 is 5.97 Å². The van der Waals surface area contributed by atoms with Gasteiger partial charge in [0.2, 0.25) is 0 Å². The number of rotatable bonds is 3. The Bertz CT molecular complexity index is 344. The van der Waals surface area contributed by atoms with Gasteiger partial charge >= 0.3 is 5.97 Å². The third-order valence-corrected chi connectivity index (χ3v) is 5.96. The Morgan fingerprint density at radius 3 is 2.55 bits per heavy atom. The number of carboxylic acid groups (broad SMARTS) is 1. The summed E-state index contributed by atoms with van der Waals surface area (Å²) in [5, 5.41) is 12.7. The standard InChI is InChI=1S/C16H28N2O2/c19-15(20)14-10-17-12-16(14)6-8-18(9-7-16)11-13-4-2-1-3-5-13/h13-14,17H,1-12H2,(H,19,20). The maximum absolute atomic E-state index is 11.4. The van der Waals surface area contributed by atoms with E-state index in [1.807, 2.05) is 0 Å². The Labute approximate surface area is 121 Å². The van der Waals surface area contributed by atoms with Crippen molar-refractivity contribution in [3.63, 3.8) is 0 Å². The van der Waals surface area contributed by atoms with Gasteiger partial charge in [0.05, 0.1) is 5.92 Å². The lowest BCUT2D eigenvalue weighted by Gasteiger charge is -2.42. The predicted molar refractivity (Wildman–Crippen MR) is 78.7 cm³/mol. The fourth-order valence-electron chi connectivity index (χ4n) is 4.60. The van der Waals surface area contributed by atoms with Gasteiger partial charge in [-0.05, 0) is 50.1 Å². The van der Waals surface area contributed by atoms with Crippen molar-refractivity contribution in [2.45, 2.75) is 44.9 Å². The Morgan fingerprint density at radius 2 is 1.90 bits per heavy atom. The van der Waals surface area contributed by atoms with Gasteiger partial charge in [0.25, 0.3) is 0 Å². The van der Waals surface area contributed by atoms with E-state index in [1.54, 1.807) is 0 Å². The Hall–Kier alpha value is -0.610. The van der Waals surface area contributed by atoms with Crippen molar-refractivity contribution < 1.29 is 9.90 Å². The van der Waals surface area contributed by atoms with E-state index in [4.69, 9.17) is 0 Å². The van der Waals surface area contributed by atoms with Crippen LogP contribution in [0.15, 0.2) is 0 Å². The van der Waals surface area contributed by atoms with E-state index in [0.29, 0.717) is 6.54 Å². The van der Waals surface area contributed by atoms with Gasteiger partial charge in [-0.2, -0.15) is 0 Å². The number of likely N-dealkylation sites (tertiary alicyclic amines) is 1. The first kappa shape index (κ1) is 14.3. The lowest BCUT2D eigenvalue weighted by atomic mass is 9.70. The molecule has 1 aliphatic carbocycles. The van der Waals surface area contributed by atoms with Crippen molar-refractivity contribution >= 4 is 5.97 Å². The summed E-state index contributed by atoms with van der Waals surface area (Å²) >= 11 is 0. The van der Waals surface area contributed by atoms with E-state index in [1.165, 1.54) is 38.6 Å². The quantitative estimate of drug-likeness (QED) is 0.830. The van der Waals surface area contributed by atoms with Gasteiger partial charge < -0.3 is 15.3 Å². The maximum atomic E-state index is 11.4. The molecule has 1 unspecified atom stereocenters. The first-order chi connectivity index (χ1) is 9.70. The number of carboxylic acids is 1.